The Morgan fingerprint density at radius 2 is 0.667 bits per heavy atom. The molecular formula is C9H21K3N3O15P3. The Morgan fingerprint density at radius 1 is 0.515 bits per heavy atom. The van der Waals surface area contributed by atoms with Crippen molar-refractivity contribution in [3.05, 3.63) is 0 Å². The Bertz CT molecular complexity index is 592. The molecule has 0 aromatic rings. The molecule has 0 atom stereocenters. The monoisotopic (exact) mass is 621 g/mol. The summed E-state index contributed by atoms with van der Waals surface area (Å²) in [5, 5.41) is 35.0. The van der Waals surface area contributed by atoms with Crippen LogP contribution in [0.2, 0.25) is 0 Å². The first-order valence-electron chi connectivity index (χ1n) is 7.10. The number of nitrogens with one attached hydrogen (secondary N) is 3. The average Bonchev–Trinajstić information content (AvgIpc) is 2.42. The van der Waals surface area contributed by atoms with Gasteiger partial charge in [0.25, 0.3) is 0 Å². The van der Waals surface area contributed by atoms with Gasteiger partial charge in [-0.25, -0.2) is 0 Å². The number of carboxylic acid groups (broad SMARTS) is 3. The largest absolute Gasteiger partial charge is 1.00 e. The van der Waals surface area contributed by atoms with E-state index < -0.39 is 79.2 Å². The van der Waals surface area contributed by atoms with E-state index in [1.807, 2.05) is 16.0 Å². The number of carbonyl (C=O) groups excluding carboxylic acids is 3. The van der Waals surface area contributed by atoms with E-state index in [0.717, 1.165) is 0 Å². The van der Waals surface area contributed by atoms with Crippen LogP contribution in [0.25, 0.3) is 0 Å². The fraction of sp³-hybridized carbons (Fsp3) is 0.667. The number of aliphatic carboxylic acids is 3. The Kier molecular flexibility index (Phi) is 40.9. The van der Waals surface area contributed by atoms with Crippen LogP contribution >= 0.6 is 22.8 Å². The maximum Gasteiger partial charge on any atom is 1.00 e. The fourth-order valence-corrected chi connectivity index (χ4v) is 2.12. The molecule has 33 heavy (non-hydrogen) atoms. The first kappa shape index (κ1) is 49.6. The normalized spacial score (nSPS) is 10.4. The van der Waals surface area contributed by atoms with Gasteiger partial charge >= 0.3 is 177 Å². The van der Waals surface area contributed by atoms with Gasteiger partial charge in [0.1, 0.15) is 0 Å². The predicted molar refractivity (Wildman–Crippen MR) is 89.8 cm³/mol. The summed E-state index contributed by atoms with van der Waals surface area (Å²) in [6.07, 6.45) is -1.91. The smallest absolute Gasteiger partial charge is 0.549 e. The van der Waals surface area contributed by atoms with Crippen LogP contribution in [-0.4, -0.2) is 85.8 Å². The second kappa shape index (κ2) is 27.2. The third-order valence-electron chi connectivity index (χ3n) is 1.76. The Labute approximate surface area is 315 Å². The molecule has 18 nitrogen and oxygen atoms in total. The minimum absolute atomic E-state index is 0. The minimum Gasteiger partial charge on any atom is -0.549 e. The van der Waals surface area contributed by atoms with Gasteiger partial charge in [-0.05, 0) is 0 Å². The van der Waals surface area contributed by atoms with Crippen molar-refractivity contribution in [2.75, 3.05) is 38.5 Å². The molecule has 0 aliphatic heterocycles. The molecule has 0 radical (unpaired) electrons. The summed E-state index contributed by atoms with van der Waals surface area (Å²) in [5.41, 5.74) is 0. The van der Waals surface area contributed by atoms with Crippen molar-refractivity contribution < 1.29 is 227 Å². The van der Waals surface area contributed by atoms with Crippen molar-refractivity contribution in [1.82, 2.24) is 16.0 Å². The molecular weight excluding hydrogens is 600 g/mol. The minimum atomic E-state index is -4.12. The zero-order valence-electron chi connectivity index (χ0n) is 17.9. The van der Waals surface area contributed by atoms with Crippen LogP contribution in [0.4, 0.5) is 0 Å². The molecule has 0 bridgehead atoms. The molecule has 0 rings (SSSR count). The van der Waals surface area contributed by atoms with Gasteiger partial charge in [0, 0.05) is 19.6 Å². The van der Waals surface area contributed by atoms with Crippen LogP contribution in [0.1, 0.15) is 0 Å². The number of hydrogen-bond acceptors (Lipinski definition) is 12. The molecule has 0 aliphatic rings. The molecule has 0 aliphatic carbocycles. The SMILES string of the molecule is O=C([O-])CNCP(=O)(O)O.O=C([O-])CNCP(=O)(O)O.O=C([O-])CNCP(=O)(O)O.[K+].[K+].[K+]. The van der Waals surface area contributed by atoms with Crippen LogP contribution in [0.15, 0.2) is 0 Å². The number of rotatable bonds is 12. The summed E-state index contributed by atoms with van der Waals surface area (Å²) in [4.78, 5) is 78.0. The van der Waals surface area contributed by atoms with E-state index in [1.54, 1.807) is 0 Å². The molecule has 0 saturated carbocycles. The summed E-state index contributed by atoms with van der Waals surface area (Å²) < 4.78 is 30.1. The van der Waals surface area contributed by atoms with Gasteiger partial charge in [-0.2, -0.15) is 0 Å². The second-order valence-corrected chi connectivity index (χ2v) is 9.80. The summed E-state index contributed by atoms with van der Waals surface area (Å²) in [6, 6.07) is 0. The van der Waals surface area contributed by atoms with Crippen LogP contribution in [0.3, 0.4) is 0 Å². The van der Waals surface area contributed by atoms with Gasteiger partial charge in [-0.15, -0.1) is 0 Å². The summed E-state index contributed by atoms with van der Waals surface area (Å²) in [5.74, 6) is -4.18. The zero-order valence-corrected chi connectivity index (χ0v) is 30.0. The van der Waals surface area contributed by atoms with E-state index in [2.05, 4.69) is 0 Å². The average molecular weight is 621 g/mol. The summed E-state index contributed by atoms with van der Waals surface area (Å²) in [7, 11) is -12.4. The Morgan fingerprint density at radius 3 is 0.758 bits per heavy atom. The van der Waals surface area contributed by atoms with Crippen molar-refractivity contribution in [3.63, 3.8) is 0 Å². The van der Waals surface area contributed by atoms with E-state index >= 15 is 0 Å². The van der Waals surface area contributed by atoms with Gasteiger partial charge in [0.15, 0.2) is 0 Å². The fourth-order valence-electron chi connectivity index (χ4n) is 0.911. The predicted octanol–water partition coefficient (Wildman–Crippen LogP) is -16.6. The van der Waals surface area contributed by atoms with E-state index in [4.69, 9.17) is 29.4 Å². The van der Waals surface area contributed by atoms with Crippen LogP contribution in [-0.2, 0) is 28.1 Å². The number of carbonyl (C=O) groups is 3. The maximum atomic E-state index is 10.0. The van der Waals surface area contributed by atoms with Gasteiger partial charge in [0.05, 0.1) is 36.8 Å². The van der Waals surface area contributed by atoms with Gasteiger partial charge < -0.3 is 75.0 Å². The van der Waals surface area contributed by atoms with E-state index in [-0.39, 0.29) is 154 Å². The molecule has 0 aromatic carbocycles. The third kappa shape index (κ3) is 66.4. The topological polar surface area (TPSA) is 329 Å². The molecule has 0 heterocycles. The van der Waals surface area contributed by atoms with Crippen LogP contribution in [0, 0.1) is 0 Å². The van der Waals surface area contributed by atoms with Crippen molar-refractivity contribution in [1.29, 1.82) is 0 Å². The zero-order chi connectivity index (χ0) is 24.6. The molecule has 0 fully saturated rings. The molecule has 0 amide bonds. The first-order valence-corrected chi connectivity index (χ1v) is 12.5. The van der Waals surface area contributed by atoms with Crippen molar-refractivity contribution in [2.45, 2.75) is 0 Å². The van der Waals surface area contributed by atoms with Crippen molar-refractivity contribution in [3.8, 4) is 0 Å². The van der Waals surface area contributed by atoms with Crippen molar-refractivity contribution in [2.24, 2.45) is 0 Å². The number of hydrogen-bond donors (Lipinski definition) is 9. The molecule has 9 N–H and O–H groups in total. The summed E-state index contributed by atoms with van der Waals surface area (Å²) >= 11 is 0. The maximum absolute atomic E-state index is 10.0. The Hall–Kier alpha value is 3.65. The Balaban J connectivity index is -0.0000000792. The van der Waals surface area contributed by atoms with E-state index in [0.29, 0.717) is 0 Å². The van der Waals surface area contributed by atoms with Crippen molar-refractivity contribution >= 4 is 40.7 Å². The van der Waals surface area contributed by atoms with Gasteiger partial charge in [-0.3, -0.25) is 13.7 Å². The van der Waals surface area contributed by atoms with Crippen LogP contribution < -0.4 is 185 Å². The molecule has 24 heteroatoms. The van der Waals surface area contributed by atoms with E-state index in [9.17, 15) is 43.4 Å². The molecule has 180 valence electrons. The summed E-state index contributed by atoms with van der Waals surface area (Å²) in [6.45, 7) is -1.65. The third-order valence-corrected chi connectivity index (χ3v) is 3.67. The van der Waals surface area contributed by atoms with Gasteiger partial charge in [0.2, 0.25) is 0 Å². The number of carboxylic acids is 3. The van der Waals surface area contributed by atoms with Gasteiger partial charge in [-0.1, -0.05) is 0 Å². The quantitative estimate of drug-likeness (QED) is 0.0721. The molecule has 0 unspecified atom stereocenters. The molecule has 0 aromatic heterocycles. The molecule has 0 saturated heterocycles. The second-order valence-electron chi connectivity index (χ2n) is 4.86. The van der Waals surface area contributed by atoms with Crippen LogP contribution in [0.5, 0.6) is 0 Å². The standard InChI is InChI=1S/3C3H8NO5P.3K/c3*5-3(6)1-4-2-10(7,8)9;;;/h3*4H,1-2H2,(H,5,6)(H2,7,8,9);;;/q;;;3*+1/p-3. The molecule has 0 spiro atoms. The first-order chi connectivity index (χ1) is 13.2. The van der Waals surface area contributed by atoms with E-state index in [1.165, 1.54) is 0 Å².